The summed E-state index contributed by atoms with van der Waals surface area (Å²) in [6, 6.07) is 12.4. The van der Waals surface area contributed by atoms with Gasteiger partial charge in [0.2, 0.25) is 0 Å². The second-order valence-corrected chi connectivity index (χ2v) is 10.0. The summed E-state index contributed by atoms with van der Waals surface area (Å²) in [6.45, 7) is 10.0. The molecule has 2 N–H and O–H groups in total. The molecule has 2 aromatic rings. The number of sulfonamides is 1. The van der Waals surface area contributed by atoms with Crippen molar-refractivity contribution in [3.05, 3.63) is 59.2 Å². The van der Waals surface area contributed by atoms with Gasteiger partial charge in [0.05, 0.1) is 4.90 Å². The average molecular weight is 430 g/mol. The number of benzene rings is 2. The molecule has 2 aromatic carbocycles. The van der Waals surface area contributed by atoms with Crippen LogP contribution in [0.15, 0.2) is 47.4 Å². The minimum absolute atomic E-state index is 0.0773. The Morgan fingerprint density at radius 3 is 2.27 bits per heavy atom. The van der Waals surface area contributed by atoms with E-state index in [1.165, 1.54) is 12.1 Å². The number of nitrogens with one attached hydrogen (secondary N) is 2. The quantitative estimate of drug-likeness (QED) is 0.734. The Bertz CT molecular complexity index is 993. The fourth-order valence-corrected chi connectivity index (χ4v) is 4.76. The van der Waals surface area contributed by atoms with Crippen molar-refractivity contribution in [3.63, 3.8) is 0 Å². The Kier molecular flexibility index (Phi) is 6.83. The Balaban J connectivity index is 1.73. The molecule has 0 bridgehead atoms. The molecular formula is C23H31N3O3S. The van der Waals surface area contributed by atoms with Crippen molar-refractivity contribution in [1.29, 1.82) is 0 Å². The SMILES string of the molecule is Cc1ccc(NS(=O)(=O)c2ccc(C)c(C(=O)NC3CCN(C(C)C)CC3)c2)cc1. The molecule has 162 valence electrons. The molecule has 0 saturated carbocycles. The standard InChI is InChI=1S/C23H31N3O3S/c1-16(2)26-13-11-19(12-14-26)24-23(27)22-15-21(10-7-18(22)4)30(28,29)25-20-8-5-17(3)6-9-20/h5-10,15-16,19,25H,11-14H2,1-4H3,(H,24,27). The zero-order valence-electron chi connectivity index (χ0n) is 18.1. The van der Waals surface area contributed by atoms with Gasteiger partial charge in [-0.3, -0.25) is 9.52 Å². The van der Waals surface area contributed by atoms with Crippen LogP contribution in [0.5, 0.6) is 0 Å². The third-order valence-corrected chi connectivity index (χ3v) is 7.04. The molecule has 1 aliphatic heterocycles. The lowest BCUT2D eigenvalue weighted by Crippen LogP contribution is -2.46. The molecule has 1 aliphatic rings. The van der Waals surface area contributed by atoms with Gasteiger partial charge >= 0.3 is 0 Å². The molecule has 1 amide bonds. The monoisotopic (exact) mass is 429 g/mol. The maximum absolute atomic E-state index is 12.9. The van der Waals surface area contributed by atoms with E-state index in [0.717, 1.165) is 37.1 Å². The molecule has 0 radical (unpaired) electrons. The minimum Gasteiger partial charge on any atom is -0.349 e. The van der Waals surface area contributed by atoms with Gasteiger partial charge in [-0.1, -0.05) is 23.8 Å². The van der Waals surface area contributed by atoms with E-state index < -0.39 is 10.0 Å². The number of hydrogen-bond acceptors (Lipinski definition) is 4. The van der Waals surface area contributed by atoms with Gasteiger partial charge in [-0.15, -0.1) is 0 Å². The summed E-state index contributed by atoms with van der Waals surface area (Å²) in [5.74, 6) is -0.220. The van der Waals surface area contributed by atoms with Gasteiger partial charge < -0.3 is 10.2 Å². The normalized spacial score (nSPS) is 15.9. The van der Waals surface area contributed by atoms with Crippen LogP contribution in [0.25, 0.3) is 0 Å². The van der Waals surface area contributed by atoms with Crippen molar-refractivity contribution in [3.8, 4) is 0 Å². The molecule has 30 heavy (non-hydrogen) atoms. The average Bonchev–Trinajstić information content (AvgIpc) is 2.70. The highest BCUT2D eigenvalue weighted by molar-refractivity contribution is 7.92. The van der Waals surface area contributed by atoms with Crippen molar-refractivity contribution >= 4 is 21.6 Å². The Hall–Kier alpha value is -2.38. The van der Waals surface area contributed by atoms with Gasteiger partial charge in [-0.2, -0.15) is 0 Å². The van der Waals surface area contributed by atoms with Crippen molar-refractivity contribution in [2.75, 3.05) is 17.8 Å². The van der Waals surface area contributed by atoms with Crippen LogP contribution in [0, 0.1) is 13.8 Å². The summed E-state index contributed by atoms with van der Waals surface area (Å²) in [5.41, 5.74) is 2.69. The van der Waals surface area contributed by atoms with Crippen LogP contribution in [0.4, 0.5) is 5.69 Å². The number of amides is 1. The molecule has 1 saturated heterocycles. The number of anilines is 1. The lowest BCUT2D eigenvalue weighted by molar-refractivity contribution is 0.0900. The minimum atomic E-state index is -3.79. The highest BCUT2D eigenvalue weighted by Gasteiger charge is 2.24. The lowest BCUT2D eigenvalue weighted by atomic mass is 10.0. The maximum atomic E-state index is 12.9. The number of nitrogens with zero attached hydrogens (tertiary/aromatic N) is 1. The van der Waals surface area contributed by atoms with E-state index in [0.29, 0.717) is 17.3 Å². The first-order valence-corrected chi connectivity index (χ1v) is 11.9. The largest absolute Gasteiger partial charge is 0.349 e. The second kappa shape index (κ2) is 9.18. The molecule has 1 fully saturated rings. The summed E-state index contributed by atoms with van der Waals surface area (Å²) in [7, 11) is -3.79. The van der Waals surface area contributed by atoms with Crippen molar-refractivity contribution < 1.29 is 13.2 Å². The van der Waals surface area contributed by atoms with E-state index in [4.69, 9.17) is 0 Å². The Morgan fingerprint density at radius 2 is 1.67 bits per heavy atom. The van der Waals surface area contributed by atoms with Crippen LogP contribution < -0.4 is 10.0 Å². The van der Waals surface area contributed by atoms with E-state index in [2.05, 4.69) is 28.8 Å². The zero-order chi connectivity index (χ0) is 21.9. The molecule has 1 heterocycles. The second-order valence-electron chi connectivity index (χ2n) is 8.33. The lowest BCUT2D eigenvalue weighted by Gasteiger charge is -2.34. The highest BCUT2D eigenvalue weighted by atomic mass is 32.2. The first-order chi connectivity index (χ1) is 14.2. The van der Waals surface area contributed by atoms with E-state index in [9.17, 15) is 13.2 Å². The zero-order valence-corrected chi connectivity index (χ0v) is 18.9. The van der Waals surface area contributed by atoms with Gasteiger partial charge in [-0.25, -0.2) is 8.42 Å². The maximum Gasteiger partial charge on any atom is 0.261 e. The van der Waals surface area contributed by atoms with E-state index in [1.54, 1.807) is 18.2 Å². The van der Waals surface area contributed by atoms with Gasteiger partial charge in [0.25, 0.3) is 15.9 Å². The van der Waals surface area contributed by atoms with Gasteiger partial charge in [0.1, 0.15) is 0 Å². The fraction of sp³-hybridized carbons (Fsp3) is 0.435. The van der Waals surface area contributed by atoms with Crippen molar-refractivity contribution in [2.45, 2.75) is 57.5 Å². The van der Waals surface area contributed by atoms with Crippen LogP contribution in [-0.2, 0) is 10.0 Å². The molecule has 0 atom stereocenters. The summed E-state index contributed by atoms with van der Waals surface area (Å²) in [4.78, 5) is 15.4. The van der Waals surface area contributed by atoms with Crippen molar-refractivity contribution in [2.24, 2.45) is 0 Å². The third-order valence-electron chi connectivity index (χ3n) is 5.66. The highest BCUT2D eigenvalue weighted by Crippen LogP contribution is 2.21. The number of carbonyl (C=O) groups excluding carboxylic acids is 1. The fourth-order valence-electron chi connectivity index (χ4n) is 3.67. The summed E-state index contributed by atoms with van der Waals surface area (Å²) in [5, 5.41) is 3.09. The van der Waals surface area contributed by atoms with Crippen LogP contribution in [0.3, 0.4) is 0 Å². The van der Waals surface area contributed by atoms with Crippen molar-refractivity contribution in [1.82, 2.24) is 10.2 Å². The van der Waals surface area contributed by atoms with E-state index >= 15 is 0 Å². The van der Waals surface area contributed by atoms with Crippen LogP contribution in [0.2, 0.25) is 0 Å². The number of aryl methyl sites for hydroxylation is 2. The Morgan fingerprint density at radius 1 is 1.03 bits per heavy atom. The van der Waals surface area contributed by atoms with Gasteiger partial charge in [-0.05, 0) is 70.4 Å². The molecule has 6 nitrogen and oxygen atoms in total. The number of likely N-dealkylation sites (tertiary alicyclic amines) is 1. The first-order valence-electron chi connectivity index (χ1n) is 10.4. The third kappa shape index (κ3) is 5.40. The molecule has 0 unspecified atom stereocenters. The van der Waals surface area contributed by atoms with E-state index in [1.807, 2.05) is 26.0 Å². The smallest absolute Gasteiger partial charge is 0.261 e. The predicted octanol–water partition coefficient (Wildman–Crippen LogP) is 3.71. The van der Waals surface area contributed by atoms with Gasteiger partial charge in [0.15, 0.2) is 0 Å². The molecule has 7 heteroatoms. The predicted molar refractivity (Wildman–Crippen MR) is 120 cm³/mol. The summed E-state index contributed by atoms with van der Waals surface area (Å²) in [6.07, 6.45) is 1.80. The van der Waals surface area contributed by atoms with Crippen LogP contribution in [0.1, 0.15) is 48.2 Å². The Labute approximate surface area is 179 Å². The first kappa shape index (κ1) is 22.3. The molecule has 0 aromatic heterocycles. The van der Waals surface area contributed by atoms with Crippen LogP contribution >= 0.6 is 0 Å². The summed E-state index contributed by atoms with van der Waals surface area (Å²) >= 11 is 0. The van der Waals surface area contributed by atoms with Crippen LogP contribution in [-0.4, -0.2) is 44.4 Å². The van der Waals surface area contributed by atoms with Gasteiger partial charge in [0, 0.05) is 36.4 Å². The number of piperidine rings is 1. The topological polar surface area (TPSA) is 78.5 Å². The summed E-state index contributed by atoms with van der Waals surface area (Å²) < 4.78 is 28.2. The molecular weight excluding hydrogens is 398 g/mol. The molecule has 3 rings (SSSR count). The molecule has 0 aliphatic carbocycles. The molecule has 0 spiro atoms. The number of carbonyl (C=O) groups is 1. The number of hydrogen-bond donors (Lipinski definition) is 2. The van der Waals surface area contributed by atoms with E-state index in [-0.39, 0.29) is 16.8 Å². The number of rotatable bonds is 6.